The topological polar surface area (TPSA) is 59.6 Å². The predicted molar refractivity (Wildman–Crippen MR) is 73.0 cm³/mol. The van der Waals surface area contributed by atoms with Crippen LogP contribution in [0.2, 0.25) is 0 Å². The summed E-state index contributed by atoms with van der Waals surface area (Å²) in [7, 11) is 0. The zero-order chi connectivity index (χ0) is 13.3. The lowest BCUT2D eigenvalue weighted by molar-refractivity contribution is -0.123. The molecule has 0 bridgehead atoms. The second-order valence-corrected chi connectivity index (χ2v) is 5.45. The van der Waals surface area contributed by atoms with Gasteiger partial charge in [0.05, 0.1) is 19.3 Å². The van der Waals surface area contributed by atoms with E-state index in [0.29, 0.717) is 12.5 Å². The van der Waals surface area contributed by atoms with Gasteiger partial charge in [-0.2, -0.15) is 0 Å². The maximum absolute atomic E-state index is 11.8. The minimum atomic E-state index is 0.0188. The van der Waals surface area contributed by atoms with Gasteiger partial charge in [-0.3, -0.25) is 4.79 Å². The normalized spacial score (nSPS) is 27.4. The lowest BCUT2D eigenvalue weighted by Crippen LogP contribution is -2.46. The van der Waals surface area contributed by atoms with Gasteiger partial charge in [-0.25, -0.2) is 0 Å². The smallest absolute Gasteiger partial charge is 0.237 e. The Balaban J connectivity index is 1.43. The first-order valence-electron chi connectivity index (χ1n) is 7.53. The molecule has 0 saturated carbocycles. The number of carbonyl (C=O) groups is 1. The van der Waals surface area contributed by atoms with E-state index >= 15 is 0 Å². The number of amides is 1. The average Bonchev–Trinajstić information content (AvgIpc) is 2.96. The summed E-state index contributed by atoms with van der Waals surface area (Å²) in [6.45, 7) is 4.89. The van der Waals surface area contributed by atoms with Gasteiger partial charge in [-0.05, 0) is 32.2 Å². The van der Waals surface area contributed by atoms with Gasteiger partial charge in [0.2, 0.25) is 5.91 Å². The highest BCUT2D eigenvalue weighted by molar-refractivity contribution is 5.81. The lowest BCUT2D eigenvalue weighted by Gasteiger charge is -2.22. The quantitative estimate of drug-likeness (QED) is 0.668. The second kappa shape index (κ2) is 8.51. The second-order valence-electron chi connectivity index (χ2n) is 5.45. The molecule has 0 aliphatic carbocycles. The van der Waals surface area contributed by atoms with E-state index in [1.807, 2.05) is 0 Å². The molecule has 2 aliphatic rings. The van der Waals surface area contributed by atoms with Crippen LogP contribution in [0.15, 0.2) is 0 Å². The first-order chi connectivity index (χ1) is 9.36. The van der Waals surface area contributed by atoms with Crippen molar-refractivity contribution in [2.75, 3.05) is 39.5 Å². The summed E-state index contributed by atoms with van der Waals surface area (Å²) >= 11 is 0. The SMILES string of the molecule is O=C(NCCCOCC1CCOC1)C1CCCCN1. The first kappa shape index (κ1) is 14.8. The van der Waals surface area contributed by atoms with Crippen molar-refractivity contribution in [1.82, 2.24) is 10.6 Å². The van der Waals surface area contributed by atoms with Crippen LogP contribution in [0.1, 0.15) is 32.1 Å². The molecule has 2 fully saturated rings. The number of nitrogens with one attached hydrogen (secondary N) is 2. The van der Waals surface area contributed by atoms with Gasteiger partial charge in [0.15, 0.2) is 0 Å². The van der Waals surface area contributed by atoms with E-state index in [4.69, 9.17) is 9.47 Å². The van der Waals surface area contributed by atoms with Crippen molar-refractivity contribution in [3.8, 4) is 0 Å². The van der Waals surface area contributed by atoms with Gasteiger partial charge >= 0.3 is 0 Å². The van der Waals surface area contributed by atoms with Crippen molar-refractivity contribution in [1.29, 1.82) is 0 Å². The maximum Gasteiger partial charge on any atom is 0.237 e. The zero-order valence-electron chi connectivity index (χ0n) is 11.7. The summed E-state index contributed by atoms with van der Waals surface area (Å²) in [4.78, 5) is 11.8. The Hall–Kier alpha value is -0.650. The molecule has 0 aromatic rings. The molecule has 2 saturated heterocycles. The van der Waals surface area contributed by atoms with E-state index in [-0.39, 0.29) is 11.9 Å². The molecule has 0 aromatic carbocycles. The maximum atomic E-state index is 11.8. The predicted octanol–water partition coefficient (Wildman–Crippen LogP) is 0.688. The van der Waals surface area contributed by atoms with Crippen molar-refractivity contribution in [3.05, 3.63) is 0 Å². The van der Waals surface area contributed by atoms with E-state index in [0.717, 1.165) is 58.7 Å². The standard InChI is InChI=1S/C14H26N2O3/c17-14(13-4-1-2-6-15-13)16-7-3-8-18-10-12-5-9-19-11-12/h12-13,15H,1-11H2,(H,16,17). The van der Waals surface area contributed by atoms with E-state index in [1.54, 1.807) is 0 Å². The summed E-state index contributed by atoms with van der Waals surface area (Å²) in [5, 5.41) is 6.23. The van der Waals surface area contributed by atoms with Gasteiger partial charge in [0.25, 0.3) is 0 Å². The zero-order valence-corrected chi connectivity index (χ0v) is 11.7. The van der Waals surface area contributed by atoms with Crippen molar-refractivity contribution in [2.24, 2.45) is 5.92 Å². The fourth-order valence-corrected chi connectivity index (χ4v) is 2.55. The molecule has 2 N–H and O–H groups in total. The third kappa shape index (κ3) is 5.47. The molecule has 0 radical (unpaired) electrons. The molecule has 2 rings (SSSR count). The van der Waals surface area contributed by atoms with Crippen LogP contribution >= 0.6 is 0 Å². The Morgan fingerprint density at radius 3 is 3.05 bits per heavy atom. The average molecular weight is 270 g/mol. The minimum absolute atomic E-state index is 0.0188. The van der Waals surface area contributed by atoms with Crippen LogP contribution in [0.25, 0.3) is 0 Å². The molecule has 2 aliphatic heterocycles. The number of rotatable bonds is 7. The van der Waals surface area contributed by atoms with Crippen molar-refractivity contribution in [3.63, 3.8) is 0 Å². The Kier molecular flexibility index (Phi) is 6.61. The van der Waals surface area contributed by atoms with Crippen molar-refractivity contribution >= 4 is 5.91 Å². The highest BCUT2D eigenvalue weighted by atomic mass is 16.5. The first-order valence-corrected chi connectivity index (χ1v) is 7.53. The summed E-state index contributed by atoms with van der Waals surface area (Å²) in [6.07, 6.45) is 5.29. The monoisotopic (exact) mass is 270 g/mol. The molecule has 2 unspecified atom stereocenters. The largest absolute Gasteiger partial charge is 0.381 e. The van der Waals surface area contributed by atoms with Gasteiger partial charge < -0.3 is 20.1 Å². The Labute approximate surface area is 115 Å². The van der Waals surface area contributed by atoms with Crippen LogP contribution in [0.4, 0.5) is 0 Å². The van der Waals surface area contributed by atoms with Crippen LogP contribution in [0, 0.1) is 5.92 Å². The molecule has 5 heteroatoms. The molecular weight excluding hydrogens is 244 g/mol. The van der Waals surface area contributed by atoms with Crippen molar-refractivity contribution in [2.45, 2.75) is 38.1 Å². The number of hydrogen-bond acceptors (Lipinski definition) is 4. The molecule has 0 aromatic heterocycles. The van der Waals surface area contributed by atoms with Crippen molar-refractivity contribution < 1.29 is 14.3 Å². The summed E-state index contributed by atoms with van der Waals surface area (Å²) in [5.41, 5.74) is 0. The van der Waals surface area contributed by atoms with E-state index in [1.165, 1.54) is 6.42 Å². The van der Waals surface area contributed by atoms with Crippen LogP contribution in [-0.4, -0.2) is 51.5 Å². The van der Waals surface area contributed by atoms with Crippen LogP contribution in [-0.2, 0) is 14.3 Å². The molecule has 5 nitrogen and oxygen atoms in total. The molecule has 0 spiro atoms. The van der Waals surface area contributed by atoms with Crippen LogP contribution in [0.3, 0.4) is 0 Å². The molecule has 19 heavy (non-hydrogen) atoms. The molecular formula is C14H26N2O3. The van der Waals surface area contributed by atoms with Crippen LogP contribution in [0.5, 0.6) is 0 Å². The van der Waals surface area contributed by atoms with E-state index in [9.17, 15) is 4.79 Å². The van der Waals surface area contributed by atoms with Gasteiger partial charge in [-0.15, -0.1) is 0 Å². The molecule has 2 atom stereocenters. The summed E-state index contributed by atoms with van der Waals surface area (Å²) < 4.78 is 10.9. The minimum Gasteiger partial charge on any atom is -0.381 e. The van der Waals surface area contributed by atoms with Gasteiger partial charge in [0.1, 0.15) is 0 Å². The lowest BCUT2D eigenvalue weighted by atomic mass is 10.0. The summed E-state index contributed by atoms with van der Waals surface area (Å²) in [5.74, 6) is 0.713. The van der Waals surface area contributed by atoms with E-state index < -0.39 is 0 Å². The van der Waals surface area contributed by atoms with Gasteiger partial charge in [0, 0.05) is 25.7 Å². The Morgan fingerprint density at radius 1 is 1.37 bits per heavy atom. The number of carbonyl (C=O) groups excluding carboxylic acids is 1. The highest BCUT2D eigenvalue weighted by Crippen LogP contribution is 2.12. The highest BCUT2D eigenvalue weighted by Gasteiger charge is 2.19. The number of hydrogen-bond donors (Lipinski definition) is 2. The van der Waals surface area contributed by atoms with E-state index in [2.05, 4.69) is 10.6 Å². The molecule has 110 valence electrons. The fraction of sp³-hybridized carbons (Fsp3) is 0.929. The third-order valence-electron chi connectivity index (χ3n) is 3.77. The Bertz CT molecular complexity index is 261. The Morgan fingerprint density at radius 2 is 2.32 bits per heavy atom. The van der Waals surface area contributed by atoms with Crippen LogP contribution < -0.4 is 10.6 Å². The molecule has 1 amide bonds. The molecule has 2 heterocycles. The van der Waals surface area contributed by atoms with Gasteiger partial charge in [-0.1, -0.05) is 6.42 Å². The number of ether oxygens (including phenoxy) is 2. The fourth-order valence-electron chi connectivity index (χ4n) is 2.55. The third-order valence-corrected chi connectivity index (χ3v) is 3.77. The number of piperidine rings is 1. The summed E-state index contributed by atoms with van der Waals surface area (Å²) in [6, 6.07) is 0.0188.